The van der Waals surface area contributed by atoms with Crippen molar-refractivity contribution >= 4 is 91.2 Å². The number of hydrogen-bond acceptors (Lipinski definition) is 31. The lowest BCUT2D eigenvalue weighted by Gasteiger charge is -2.38. The van der Waals surface area contributed by atoms with Gasteiger partial charge in [0.15, 0.2) is 17.1 Å². The first kappa shape index (κ1) is 98.9. The van der Waals surface area contributed by atoms with E-state index in [0.29, 0.717) is 43.8 Å². The maximum absolute atomic E-state index is 14.9. The van der Waals surface area contributed by atoms with E-state index in [9.17, 15) is 79.5 Å². The molecular weight excluding hydrogens is 1690 g/mol. The number of esters is 2. The minimum absolute atomic E-state index is 0.00679. The average Bonchev–Trinajstić information content (AvgIpc) is 1.64. The molecule has 0 unspecified atom stereocenters. The Morgan fingerprint density at radius 2 is 1.05 bits per heavy atom. The molecule has 2 aliphatic carbocycles. The number of nitrogens with one attached hydrogen (secondary N) is 2. The lowest BCUT2D eigenvalue weighted by Crippen LogP contribution is -2.47. The monoisotopic (exact) mass is 1820 g/mol. The molecule has 9 bridgehead atoms. The minimum atomic E-state index is -2.08. The van der Waals surface area contributed by atoms with E-state index in [4.69, 9.17) is 47.3 Å². The summed E-state index contributed by atoms with van der Waals surface area (Å²) in [6, 6.07) is 3.84. The Hall–Kier alpha value is -11.2. The highest BCUT2D eigenvalue weighted by atomic mass is 16.7. The van der Waals surface area contributed by atoms with Crippen LogP contribution in [-0.2, 0) is 47.6 Å². The van der Waals surface area contributed by atoms with Gasteiger partial charge in [0.05, 0.1) is 88.5 Å². The molecule has 4 aromatic carbocycles. The van der Waals surface area contributed by atoms with Gasteiger partial charge in [-0.25, -0.2) is 4.98 Å². The van der Waals surface area contributed by atoms with E-state index in [1.165, 1.54) is 138 Å². The molecule has 33 heteroatoms. The Labute approximate surface area is 762 Å². The number of carbonyl (C=O) groups excluding carboxylic acids is 6. The Morgan fingerprint density at radius 3 is 1.53 bits per heavy atom. The van der Waals surface area contributed by atoms with E-state index < -0.39 is 171 Å². The van der Waals surface area contributed by atoms with Gasteiger partial charge in [0.2, 0.25) is 5.43 Å². The van der Waals surface area contributed by atoms with Gasteiger partial charge in [0.1, 0.15) is 63.6 Å². The third-order valence-electron chi connectivity index (χ3n) is 27.3. The van der Waals surface area contributed by atoms with Gasteiger partial charge in [-0.2, -0.15) is 5.10 Å². The summed E-state index contributed by atoms with van der Waals surface area (Å²) >= 11 is 0. The second-order valence-corrected chi connectivity index (χ2v) is 37.0. The second-order valence-electron chi connectivity index (χ2n) is 37.0. The first-order valence-corrected chi connectivity index (χ1v) is 45.1. The van der Waals surface area contributed by atoms with Crippen molar-refractivity contribution in [2.75, 3.05) is 88.7 Å². The molecule has 0 aromatic heterocycles. The number of aromatic nitrogens is 1. The number of benzene rings is 5. The molecule has 10 aliphatic rings. The Morgan fingerprint density at radius 1 is 0.580 bits per heavy atom. The number of fused-ring (bicyclic) bond motifs is 16. The van der Waals surface area contributed by atoms with Crippen LogP contribution in [0.15, 0.2) is 98.7 Å². The summed E-state index contributed by atoms with van der Waals surface area (Å²) in [5, 5.41) is 116. The Bertz CT molecular complexity index is 5600. The summed E-state index contributed by atoms with van der Waals surface area (Å²) in [4.78, 5) is 109. The third kappa shape index (κ3) is 20.0. The van der Waals surface area contributed by atoms with Gasteiger partial charge < -0.3 is 104 Å². The van der Waals surface area contributed by atoms with Crippen LogP contribution in [0.3, 0.4) is 0 Å². The number of phenols is 5. The fourth-order valence-electron chi connectivity index (χ4n) is 19.2. The quantitative estimate of drug-likeness (QED) is 0.0151. The van der Waals surface area contributed by atoms with Gasteiger partial charge in [0.25, 0.3) is 23.4 Å². The topological polar surface area (TPSA) is 451 Å². The van der Waals surface area contributed by atoms with Crippen LogP contribution in [0.2, 0.25) is 0 Å². The fourth-order valence-corrected chi connectivity index (χ4v) is 19.2. The smallest absolute Gasteiger partial charge is 0.312 e. The number of aliphatic hydroxyl groups excluding tert-OH is 4. The van der Waals surface area contributed by atoms with Crippen molar-refractivity contribution in [2.45, 2.75) is 217 Å². The van der Waals surface area contributed by atoms with Crippen LogP contribution in [-0.4, -0.2) is 247 Å². The normalized spacial score (nSPS) is 30.9. The maximum Gasteiger partial charge on any atom is 0.312 e. The molecule has 0 radical (unpaired) electrons. The van der Waals surface area contributed by atoms with Gasteiger partial charge in [-0.3, -0.25) is 48.4 Å². The standard InChI is InChI=1S/C51H64N4O13.C47H64N4O12/c1-24(2)23-54-16-18-55(19-17-54)32-21-33(57)39-35(22-32)67-48-40(52-39)36-37-44(60)30(8)47-38(36)49(62)51(10,68-47)65-20-15-34(64-11)27(5)46(66-31(9)56)29(7)43(59)28(6)42(58)25(3)13-12-14-26(4)50(63)53-41(48)45(37)61;1-24-13-12-14-25(2)46(59)49-37-32(23-48-51-20-18-50(19-21-51)31-15-10-11-16-31)41(56)34-35(42(37)57)40(55)29(6)44-36(34)45(58)47(8,63-44)61-22-17-33(60-9)26(3)43(62-30(7)52)28(5)39(54)27(4)38(24)53/h12-15,20-22,24-25,27-29,34,42-43,46,57-60H,16-19,23H2,1-11H3,(H,53,63);12-14,17,22-24,26-28,31,33,38-39,43,53-57H,10-11,15-16,18-21H2,1-9H3,(H,49,59)/b13-12+,20-15+,26-14-;13-12+,22-17+,25-14-,48-23+/t25-,27+,28+,29+,34-,42-,43+,46+,51-;24-,26+,27+,28+,33-,38-,39+,43+,47-/m00/s1. The number of allylic oxidation sites excluding steroid dienone is 4. The second kappa shape index (κ2) is 40.5. The van der Waals surface area contributed by atoms with Crippen LogP contribution >= 0.6 is 0 Å². The molecule has 8 heterocycles. The number of amides is 2. The van der Waals surface area contributed by atoms with Crippen LogP contribution in [0.25, 0.3) is 44.1 Å². The number of phenolic OH excluding ortho intramolecular Hbond substituents is 5. The summed E-state index contributed by atoms with van der Waals surface area (Å²) in [5.74, 6) is -15.6. The van der Waals surface area contributed by atoms with Crippen molar-refractivity contribution in [3.63, 3.8) is 0 Å². The number of ether oxygens (including phenoxy) is 8. The van der Waals surface area contributed by atoms with Gasteiger partial charge in [-0.15, -0.1) is 0 Å². The lowest BCUT2D eigenvalue weighted by atomic mass is 9.78. The number of piperazine rings is 2. The van der Waals surface area contributed by atoms with E-state index >= 15 is 0 Å². The molecule has 2 saturated heterocycles. The van der Waals surface area contributed by atoms with Crippen LogP contribution in [0, 0.1) is 67.1 Å². The molecule has 4 aromatic rings. The number of carbonyl (C=O) groups is 6. The molecule has 14 rings (SSSR count). The summed E-state index contributed by atoms with van der Waals surface area (Å²) < 4.78 is 54.2. The first-order chi connectivity index (χ1) is 61.9. The number of ketones is 2. The van der Waals surface area contributed by atoms with Crippen molar-refractivity contribution in [1.82, 2.24) is 19.8 Å². The molecule has 2 amide bonds. The van der Waals surface area contributed by atoms with Crippen molar-refractivity contribution in [1.29, 1.82) is 0 Å². The van der Waals surface area contributed by atoms with Crippen molar-refractivity contribution in [2.24, 2.45) is 58.4 Å². The number of aromatic hydroxyl groups is 5. The summed E-state index contributed by atoms with van der Waals surface area (Å²) in [6.45, 7) is 36.2. The number of Topliss-reactive ketones (excluding diaryl/α,β-unsaturated/α-hetero) is 2. The molecule has 1 saturated carbocycles. The number of anilines is 3. The zero-order chi connectivity index (χ0) is 95.8. The minimum Gasteiger partial charge on any atom is -0.507 e. The Balaban J connectivity index is 0.000000238. The van der Waals surface area contributed by atoms with Crippen LogP contribution in [0.5, 0.6) is 40.2 Å². The predicted molar refractivity (Wildman–Crippen MR) is 493 cm³/mol. The molecule has 18 atom stereocenters. The number of methoxy groups -OCH3 is 2. The average molecular weight is 1820 g/mol. The fraction of sp³-hybridized carbons (Fsp3) is 0.541. The SMILES string of the molecule is CO[C@H]1/C=C/O[C@@]2(C)Oc3c(C)c(O)c4c(=O)c(c5oc6cc(N7CCN(CC(C)C)CC7)cc(O)c6nc-5c4c3C2=O)NC(=O)/C(C)=C\C=C\[C@H](C)[C@H](O)[C@@H](C)[C@@H](O)[C@@H](C)[C@H](OC(C)=O)[C@@H]1C.CO[C@H]1/C=C/O[C@@]2(C)Oc3c(C)c(O)c4c(O)c(c(/C=N/N5CCN(C6CCCC6)CC5)c(O)c4c3C2=O)NC(=O)/C(C)=C\C=C\[C@H](C)[C@H](O)[C@@H](C)[C@@H](O)[C@@H](C)[C@H](OC(C)=O)[C@@H]1C. The van der Waals surface area contributed by atoms with E-state index in [0.717, 1.165) is 32.7 Å². The van der Waals surface area contributed by atoms with E-state index in [2.05, 4.69) is 44.3 Å². The molecule has 8 aliphatic heterocycles. The van der Waals surface area contributed by atoms with Crippen molar-refractivity contribution in [3.8, 4) is 51.7 Å². The van der Waals surface area contributed by atoms with E-state index in [1.807, 2.05) is 5.01 Å². The Kier molecular flexibility index (Phi) is 30.6. The molecule has 710 valence electrons. The largest absolute Gasteiger partial charge is 0.507 e. The van der Waals surface area contributed by atoms with E-state index in [-0.39, 0.29) is 112 Å². The third-order valence-corrected chi connectivity index (χ3v) is 27.3. The molecule has 0 spiro atoms. The number of nitrogens with zero attached hydrogens (tertiary/aromatic N) is 6. The molecule has 131 heavy (non-hydrogen) atoms. The van der Waals surface area contributed by atoms with Crippen molar-refractivity contribution in [3.05, 3.63) is 122 Å². The zero-order valence-electron chi connectivity index (χ0n) is 78.3. The van der Waals surface area contributed by atoms with Gasteiger partial charge in [-0.05, 0) is 58.6 Å². The molecule has 3 fully saturated rings. The summed E-state index contributed by atoms with van der Waals surface area (Å²) in [5.41, 5.74) is -0.936. The van der Waals surface area contributed by atoms with Crippen LogP contribution in [0.1, 0.15) is 174 Å². The van der Waals surface area contributed by atoms with E-state index in [1.54, 1.807) is 91.8 Å². The number of hydrazone groups is 1. The van der Waals surface area contributed by atoms with Crippen LogP contribution < -0.4 is 30.4 Å². The zero-order valence-corrected chi connectivity index (χ0v) is 78.3. The maximum atomic E-state index is 14.9. The number of rotatable bonds is 10. The van der Waals surface area contributed by atoms with Gasteiger partial charge >= 0.3 is 23.5 Å². The van der Waals surface area contributed by atoms with Crippen LogP contribution in [0.4, 0.5) is 17.1 Å². The highest BCUT2D eigenvalue weighted by molar-refractivity contribution is 6.25. The predicted octanol–water partition coefficient (Wildman–Crippen LogP) is 12.1. The molecular formula is C98H128N8O25. The first-order valence-electron chi connectivity index (χ1n) is 45.1. The number of aliphatic hydroxyl groups is 4. The highest BCUT2D eigenvalue weighted by Crippen LogP contribution is 2.56. The summed E-state index contributed by atoms with van der Waals surface area (Å²) in [6.07, 6.45) is 13.2. The number of hydrogen-bond donors (Lipinski definition) is 11. The molecule has 33 nitrogen and oxygen atoms in total. The van der Waals surface area contributed by atoms with Gasteiger partial charge in [0, 0.05) is 205 Å². The van der Waals surface area contributed by atoms with Crippen molar-refractivity contribution < 1.29 is 117 Å². The van der Waals surface area contributed by atoms with Gasteiger partial charge in [-0.1, -0.05) is 119 Å². The summed E-state index contributed by atoms with van der Waals surface area (Å²) in [7, 11) is 2.88. The molecule has 11 N–H and O–H groups in total. The highest BCUT2D eigenvalue weighted by Gasteiger charge is 2.53. The lowest BCUT2D eigenvalue weighted by molar-refractivity contribution is -0.161.